The Morgan fingerprint density at radius 1 is 1.60 bits per heavy atom. The molecule has 0 spiro atoms. The maximum Gasteiger partial charge on any atom is 0.312 e. The van der Waals surface area contributed by atoms with Crippen LogP contribution in [0.4, 0.5) is 15.0 Å². The number of hydrogen-bond acceptors (Lipinski definition) is 4. The molecule has 0 aromatic carbocycles. The van der Waals surface area contributed by atoms with Crippen LogP contribution in [0.15, 0.2) is 6.20 Å². The minimum Gasteiger partial charge on any atom is -0.366 e. The van der Waals surface area contributed by atoms with Crippen LogP contribution in [0.25, 0.3) is 0 Å². The first-order valence-electron chi connectivity index (χ1n) is 4.05. The highest BCUT2D eigenvalue weighted by Crippen LogP contribution is 2.10. The lowest BCUT2D eigenvalue weighted by Gasteiger charge is -2.06. The molecule has 15 heavy (non-hydrogen) atoms. The van der Waals surface area contributed by atoms with Crippen LogP contribution in [0.2, 0.25) is 5.28 Å². The number of hydrogen-bond donors (Lipinski definition) is 3. The SMILES string of the molecule is NC(=O)NCCNc1nc(Cl)ncc1F. The number of nitrogens with two attached hydrogens (primary N) is 1. The smallest absolute Gasteiger partial charge is 0.312 e. The van der Waals surface area contributed by atoms with Crippen molar-refractivity contribution in [1.82, 2.24) is 15.3 Å². The third kappa shape index (κ3) is 3.94. The predicted octanol–water partition coefficient (Wildman–Crippen LogP) is 0.349. The Morgan fingerprint density at radius 3 is 3.00 bits per heavy atom. The van der Waals surface area contributed by atoms with Gasteiger partial charge in [-0.05, 0) is 11.6 Å². The van der Waals surface area contributed by atoms with E-state index in [2.05, 4.69) is 20.6 Å². The van der Waals surface area contributed by atoms with Crippen molar-refractivity contribution in [3.8, 4) is 0 Å². The number of anilines is 1. The Bertz CT molecular complexity index is 361. The Labute approximate surface area is 90.0 Å². The van der Waals surface area contributed by atoms with Gasteiger partial charge in [0, 0.05) is 13.1 Å². The van der Waals surface area contributed by atoms with Crippen LogP contribution in [-0.4, -0.2) is 29.1 Å². The van der Waals surface area contributed by atoms with Crippen LogP contribution in [0.1, 0.15) is 0 Å². The molecule has 1 heterocycles. The van der Waals surface area contributed by atoms with Crippen molar-refractivity contribution in [2.24, 2.45) is 5.73 Å². The van der Waals surface area contributed by atoms with Crippen molar-refractivity contribution in [2.45, 2.75) is 0 Å². The van der Waals surface area contributed by atoms with Crippen LogP contribution >= 0.6 is 11.6 Å². The molecule has 1 rings (SSSR count). The van der Waals surface area contributed by atoms with Crippen molar-refractivity contribution >= 4 is 23.4 Å². The molecule has 6 nitrogen and oxygen atoms in total. The highest BCUT2D eigenvalue weighted by Gasteiger charge is 2.04. The van der Waals surface area contributed by atoms with Crippen LogP contribution in [0, 0.1) is 5.82 Å². The second-order valence-corrected chi connectivity index (χ2v) is 2.89. The zero-order valence-electron chi connectivity index (χ0n) is 7.63. The number of primary amides is 1. The molecule has 0 fully saturated rings. The van der Waals surface area contributed by atoms with Gasteiger partial charge in [-0.1, -0.05) is 0 Å². The molecular weight excluding hydrogens is 225 g/mol. The van der Waals surface area contributed by atoms with Crippen LogP contribution in [0.5, 0.6) is 0 Å². The molecule has 4 N–H and O–H groups in total. The average molecular weight is 234 g/mol. The van der Waals surface area contributed by atoms with Gasteiger partial charge in [-0.2, -0.15) is 4.98 Å². The summed E-state index contributed by atoms with van der Waals surface area (Å²) in [5.41, 5.74) is 4.83. The number of aromatic nitrogens is 2. The van der Waals surface area contributed by atoms with E-state index in [1.807, 2.05) is 0 Å². The summed E-state index contributed by atoms with van der Waals surface area (Å²) in [5.74, 6) is -0.625. The zero-order valence-corrected chi connectivity index (χ0v) is 8.38. The fraction of sp³-hybridized carbons (Fsp3) is 0.286. The van der Waals surface area contributed by atoms with Crippen LogP contribution in [0.3, 0.4) is 0 Å². The van der Waals surface area contributed by atoms with Crippen molar-refractivity contribution < 1.29 is 9.18 Å². The van der Waals surface area contributed by atoms with Gasteiger partial charge in [-0.3, -0.25) is 0 Å². The maximum atomic E-state index is 13.0. The van der Waals surface area contributed by atoms with Gasteiger partial charge in [0.15, 0.2) is 11.6 Å². The molecule has 1 aromatic rings. The normalized spacial score (nSPS) is 9.73. The number of nitrogens with zero attached hydrogens (tertiary/aromatic N) is 2. The van der Waals surface area contributed by atoms with E-state index in [0.717, 1.165) is 6.20 Å². The molecule has 0 radical (unpaired) electrons. The first-order valence-corrected chi connectivity index (χ1v) is 4.42. The highest BCUT2D eigenvalue weighted by molar-refractivity contribution is 6.28. The van der Waals surface area contributed by atoms with E-state index in [1.165, 1.54) is 0 Å². The van der Waals surface area contributed by atoms with Crippen LogP contribution < -0.4 is 16.4 Å². The van der Waals surface area contributed by atoms with E-state index >= 15 is 0 Å². The molecule has 0 atom stereocenters. The highest BCUT2D eigenvalue weighted by atomic mass is 35.5. The molecule has 8 heteroatoms. The fourth-order valence-electron chi connectivity index (χ4n) is 0.836. The second kappa shape index (κ2) is 5.30. The van der Waals surface area contributed by atoms with E-state index < -0.39 is 11.8 Å². The number of halogens is 2. The number of urea groups is 1. The van der Waals surface area contributed by atoms with Crippen molar-refractivity contribution in [1.29, 1.82) is 0 Å². The lowest BCUT2D eigenvalue weighted by molar-refractivity contribution is 0.249. The summed E-state index contributed by atoms with van der Waals surface area (Å²) < 4.78 is 13.0. The standard InChI is InChI=1S/C7H9ClFN5O/c8-6-13-3-4(9)5(14-6)11-1-2-12-7(10)15/h3H,1-2H2,(H3,10,12,15)(H,11,13,14). The van der Waals surface area contributed by atoms with E-state index in [4.69, 9.17) is 17.3 Å². The number of nitrogens with one attached hydrogen (secondary N) is 2. The summed E-state index contributed by atoms with van der Waals surface area (Å²) in [7, 11) is 0. The van der Waals surface area contributed by atoms with Gasteiger partial charge in [0.2, 0.25) is 5.28 Å². The van der Waals surface area contributed by atoms with Gasteiger partial charge in [-0.25, -0.2) is 14.2 Å². The number of amides is 2. The molecule has 0 aliphatic rings. The van der Waals surface area contributed by atoms with Gasteiger partial charge in [0.25, 0.3) is 0 Å². The van der Waals surface area contributed by atoms with Gasteiger partial charge >= 0.3 is 6.03 Å². The van der Waals surface area contributed by atoms with Crippen LogP contribution in [-0.2, 0) is 0 Å². The third-order valence-corrected chi connectivity index (χ3v) is 1.61. The number of carbonyl (C=O) groups is 1. The molecule has 0 aliphatic carbocycles. The lowest BCUT2D eigenvalue weighted by atomic mass is 10.5. The summed E-state index contributed by atoms with van der Waals surface area (Å²) in [5, 5.41) is 4.90. The van der Waals surface area contributed by atoms with Crippen molar-refractivity contribution in [2.75, 3.05) is 18.4 Å². The number of carbonyl (C=O) groups excluding carboxylic acids is 1. The Kier molecular flexibility index (Phi) is 4.04. The van der Waals surface area contributed by atoms with E-state index in [9.17, 15) is 9.18 Å². The van der Waals surface area contributed by atoms with Gasteiger partial charge < -0.3 is 16.4 Å². The Hall–Kier alpha value is -1.63. The van der Waals surface area contributed by atoms with Crippen molar-refractivity contribution in [3.05, 3.63) is 17.3 Å². The Balaban J connectivity index is 2.43. The molecule has 0 aliphatic heterocycles. The van der Waals surface area contributed by atoms with Gasteiger partial charge in [0.05, 0.1) is 6.20 Å². The summed E-state index contributed by atoms with van der Waals surface area (Å²) >= 11 is 5.46. The maximum absolute atomic E-state index is 13.0. The lowest BCUT2D eigenvalue weighted by Crippen LogP contribution is -2.33. The molecule has 2 amide bonds. The van der Waals surface area contributed by atoms with Crippen molar-refractivity contribution in [3.63, 3.8) is 0 Å². The third-order valence-electron chi connectivity index (χ3n) is 1.43. The average Bonchev–Trinajstić information content (AvgIpc) is 2.17. The summed E-state index contributed by atoms with van der Waals surface area (Å²) in [6, 6.07) is -0.641. The van der Waals surface area contributed by atoms with Gasteiger partial charge in [-0.15, -0.1) is 0 Å². The first-order chi connectivity index (χ1) is 7.09. The fourth-order valence-corrected chi connectivity index (χ4v) is 0.969. The number of rotatable bonds is 4. The minimum atomic E-state index is -0.641. The molecule has 1 aromatic heterocycles. The van der Waals surface area contributed by atoms with Gasteiger partial charge in [0.1, 0.15) is 0 Å². The molecule has 82 valence electrons. The molecule has 0 unspecified atom stereocenters. The molecule has 0 bridgehead atoms. The quantitative estimate of drug-likeness (QED) is 0.517. The zero-order chi connectivity index (χ0) is 11.3. The van der Waals surface area contributed by atoms with E-state index in [-0.39, 0.29) is 24.2 Å². The molecule has 0 saturated heterocycles. The monoisotopic (exact) mass is 233 g/mol. The predicted molar refractivity (Wildman–Crippen MR) is 53.1 cm³/mol. The molecular formula is C7H9ClFN5O. The van der Waals surface area contributed by atoms with E-state index in [1.54, 1.807) is 0 Å². The largest absolute Gasteiger partial charge is 0.366 e. The summed E-state index contributed by atoms with van der Waals surface area (Å²) in [4.78, 5) is 17.4. The summed E-state index contributed by atoms with van der Waals surface area (Å²) in [6.45, 7) is 0.545. The van der Waals surface area contributed by atoms with E-state index in [0.29, 0.717) is 0 Å². The minimum absolute atomic E-state index is 0.0127. The second-order valence-electron chi connectivity index (χ2n) is 2.55. The first kappa shape index (κ1) is 11.4. The Morgan fingerprint density at radius 2 is 2.33 bits per heavy atom. The topological polar surface area (TPSA) is 92.9 Å². The molecule has 0 saturated carbocycles. The summed E-state index contributed by atoms with van der Waals surface area (Å²) in [6.07, 6.45) is 0.958.